The third kappa shape index (κ3) is 10.7. The molecule has 0 radical (unpaired) electrons. The van der Waals surface area contributed by atoms with Crippen LogP contribution in [0.25, 0.3) is 0 Å². The second-order valence-electron chi connectivity index (χ2n) is 6.73. The van der Waals surface area contributed by atoms with Crippen molar-refractivity contribution in [1.82, 2.24) is 5.32 Å². The molecule has 0 saturated carbocycles. The third-order valence-electron chi connectivity index (χ3n) is 4.46. The van der Waals surface area contributed by atoms with E-state index in [1.807, 2.05) is 31.2 Å². The molecule has 146 valence electrons. The average molecular weight is 372 g/mol. The van der Waals surface area contributed by atoms with Gasteiger partial charge >= 0.3 is 0 Å². The molecule has 2 atom stereocenters. The van der Waals surface area contributed by atoms with Gasteiger partial charge in [-0.2, -0.15) is 0 Å². The van der Waals surface area contributed by atoms with Crippen LogP contribution in [0.3, 0.4) is 0 Å². The van der Waals surface area contributed by atoms with Gasteiger partial charge in [-0.3, -0.25) is 0 Å². The molecule has 0 saturated heterocycles. The van der Waals surface area contributed by atoms with E-state index in [-0.39, 0.29) is 18.4 Å². The van der Waals surface area contributed by atoms with Crippen LogP contribution < -0.4 is 10.1 Å². The molecule has 0 heterocycles. The quantitative estimate of drug-likeness (QED) is 0.414. The summed E-state index contributed by atoms with van der Waals surface area (Å²) in [4.78, 5) is 0. The summed E-state index contributed by atoms with van der Waals surface area (Å²) < 4.78 is 5.66. The van der Waals surface area contributed by atoms with Crippen LogP contribution in [-0.2, 0) is 0 Å². The first-order valence-corrected chi connectivity index (χ1v) is 9.83. The largest absolute Gasteiger partial charge is 0.494 e. The van der Waals surface area contributed by atoms with Gasteiger partial charge in [-0.05, 0) is 44.0 Å². The maximum atomic E-state index is 10.5. The van der Waals surface area contributed by atoms with Gasteiger partial charge in [0.25, 0.3) is 0 Å². The Kier molecular flexibility index (Phi) is 15.0. The van der Waals surface area contributed by atoms with Crippen LogP contribution in [0.1, 0.15) is 83.8 Å². The number of halogens is 1. The molecule has 3 nitrogen and oxygen atoms in total. The van der Waals surface area contributed by atoms with Crippen molar-refractivity contribution >= 4 is 12.4 Å². The molecule has 0 aliphatic carbocycles. The van der Waals surface area contributed by atoms with E-state index >= 15 is 0 Å². The molecule has 0 aromatic heterocycles. The van der Waals surface area contributed by atoms with E-state index in [2.05, 4.69) is 19.2 Å². The lowest BCUT2D eigenvalue weighted by molar-refractivity contribution is 0.136. The normalized spacial score (nSPS) is 13.1. The first-order chi connectivity index (χ1) is 11.7. The van der Waals surface area contributed by atoms with Crippen molar-refractivity contribution < 1.29 is 9.84 Å². The van der Waals surface area contributed by atoms with Gasteiger partial charge in [-0.1, -0.05) is 64.5 Å². The molecule has 0 spiro atoms. The van der Waals surface area contributed by atoms with Crippen LogP contribution in [0.4, 0.5) is 0 Å². The fourth-order valence-corrected chi connectivity index (χ4v) is 2.73. The molecule has 1 aromatic rings. The molecule has 0 fully saturated rings. The van der Waals surface area contributed by atoms with Gasteiger partial charge in [-0.15, -0.1) is 12.4 Å². The van der Waals surface area contributed by atoms with Crippen molar-refractivity contribution in [2.24, 2.45) is 0 Å². The number of aliphatic hydroxyl groups excluding tert-OH is 1. The molecule has 0 bridgehead atoms. The van der Waals surface area contributed by atoms with Crippen LogP contribution in [0.2, 0.25) is 0 Å². The number of benzene rings is 1. The zero-order valence-corrected chi connectivity index (χ0v) is 17.1. The molecule has 0 aliphatic heterocycles. The first kappa shape index (κ1) is 24.2. The fraction of sp³-hybridized carbons (Fsp3) is 0.714. The molecule has 25 heavy (non-hydrogen) atoms. The van der Waals surface area contributed by atoms with Crippen LogP contribution in [0.5, 0.6) is 5.75 Å². The number of hydrogen-bond acceptors (Lipinski definition) is 3. The Morgan fingerprint density at radius 1 is 0.920 bits per heavy atom. The summed E-state index contributed by atoms with van der Waals surface area (Å²) in [7, 11) is 0. The lowest BCUT2D eigenvalue weighted by Gasteiger charge is -2.21. The first-order valence-electron chi connectivity index (χ1n) is 9.83. The number of hydrogen-bond donors (Lipinski definition) is 2. The Morgan fingerprint density at radius 3 is 2.16 bits per heavy atom. The van der Waals surface area contributed by atoms with Crippen LogP contribution >= 0.6 is 12.4 Å². The van der Waals surface area contributed by atoms with Gasteiger partial charge in [-0.25, -0.2) is 0 Å². The molecule has 0 aliphatic rings. The number of unbranched alkanes of at least 4 members (excludes halogenated alkanes) is 6. The zero-order valence-electron chi connectivity index (χ0n) is 16.3. The van der Waals surface area contributed by atoms with Crippen LogP contribution in [-0.4, -0.2) is 24.3 Å². The highest BCUT2D eigenvalue weighted by atomic mass is 35.5. The highest BCUT2D eigenvalue weighted by Gasteiger charge is 2.15. The fourth-order valence-electron chi connectivity index (χ4n) is 2.73. The predicted molar refractivity (Wildman–Crippen MR) is 110 cm³/mol. The van der Waals surface area contributed by atoms with E-state index < -0.39 is 6.10 Å². The smallest absolute Gasteiger partial charge is 0.119 e. The van der Waals surface area contributed by atoms with Crippen LogP contribution in [0, 0.1) is 0 Å². The Labute approximate surface area is 161 Å². The summed E-state index contributed by atoms with van der Waals surface area (Å²) in [6.45, 7) is 8.18. The SMILES string of the molecule is CCCCCCCCNC(C)C(O)c1ccc(OCCCC)cc1.Cl. The standard InChI is InChI=1S/C21H37NO2.ClH/c1-4-6-8-9-10-11-16-22-18(3)21(23)19-12-14-20(15-13-19)24-17-7-5-2;/h12-15,18,21-23H,4-11,16-17H2,1-3H3;1H. The van der Waals surface area contributed by atoms with Crippen molar-refractivity contribution in [3.05, 3.63) is 29.8 Å². The van der Waals surface area contributed by atoms with Gasteiger partial charge in [0.1, 0.15) is 5.75 Å². The molecular weight excluding hydrogens is 334 g/mol. The lowest BCUT2D eigenvalue weighted by Crippen LogP contribution is -2.32. The van der Waals surface area contributed by atoms with Crippen molar-refractivity contribution in [3.63, 3.8) is 0 Å². The second-order valence-corrected chi connectivity index (χ2v) is 6.73. The lowest BCUT2D eigenvalue weighted by atomic mass is 10.0. The summed E-state index contributed by atoms with van der Waals surface area (Å²) in [6.07, 6.45) is 9.51. The van der Waals surface area contributed by atoms with Gasteiger partial charge in [0.15, 0.2) is 0 Å². The van der Waals surface area contributed by atoms with E-state index in [9.17, 15) is 5.11 Å². The monoisotopic (exact) mass is 371 g/mol. The average Bonchev–Trinajstić information content (AvgIpc) is 2.61. The molecule has 1 rings (SSSR count). The Hall–Kier alpha value is -0.770. The number of ether oxygens (including phenoxy) is 1. The number of aliphatic hydroxyl groups is 1. The molecular formula is C21H38ClNO2. The summed E-state index contributed by atoms with van der Waals surface area (Å²) in [6, 6.07) is 7.90. The van der Waals surface area contributed by atoms with E-state index in [4.69, 9.17) is 4.74 Å². The van der Waals surface area contributed by atoms with E-state index in [0.29, 0.717) is 0 Å². The molecule has 1 aromatic carbocycles. The minimum Gasteiger partial charge on any atom is -0.494 e. The third-order valence-corrected chi connectivity index (χ3v) is 4.46. The van der Waals surface area contributed by atoms with Gasteiger partial charge in [0.2, 0.25) is 0 Å². The van der Waals surface area contributed by atoms with Gasteiger partial charge in [0.05, 0.1) is 12.7 Å². The van der Waals surface area contributed by atoms with Crippen molar-refractivity contribution in [1.29, 1.82) is 0 Å². The van der Waals surface area contributed by atoms with Crippen molar-refractivity contribution in [2.75, 3.05) is 13.2 Å². The molecule has 2 N–H and O–H groups in total. The summed E-state index contributed by atoms with van der Waals surface area (Å²) >= 11 is 0. The van der Waals surface area contributed by atoms with E-state index in [0.717, 1.165) is 37.3 Å². The van der Waals surface area contributed by atoms with Crippen molar-refractivity contribution in [2.45, 2.75) is 84.3 Å². The minimum absolute atomic E-state index is 0. The van der Waals surface area contributed by atoms with Crippen molar-refractivity contribution in [3.8, 4) is 5.75 Å². The minimum atomic E-state index is -0.477. The number of rotatable bonds is 14. The summed E-state index contributed by atoms with van der Waals surface area (Å²) in [5.74, 6) is 0.882. The molecule has 0 amide bonds. The van der Waals surface area contributed by atoms with E-state index in [1.54, 1.807) is 0 Å². The second kappa shape index (κ2) is 15.5. The predicted octanol–water partition coefficient (Wildman–Crippen LogP) is 5.66. The molecule has 2 unspecified atom stereocenters. The van der Waals surface area contributed by atoms with Gasteiger partial charge < -0.3 is 15.2 Å². The Morgan fingerprint density at radius 2 is 1.52 bits per heavy atom. The topological polar surface area (TPSA) is 41.5 Å². The summed E-state index contributed by atoms with van der Waals surface area (Å²) in [5, 5.41) is 13.9. The highest BCUT2D eigenvalue weighted by molar-refractivity contribution is 5.85. The van der Waals surface area contributed by atoms with Crippen LogP contribution in [0.15, 0.2) is 24.3 Å². The molecule has 4 heteroatoms. The van der Waals surface area contributed by atoms with Gasteiger partial charge in [0, 0.05) is 6.04 Å². The Bertz CT molecular complexity index is 411. The maximum Gasteiger partial charge on any atom is 0.119 e. The maximum absolute atomic E-state index is 10.5. The zero-order chi connectivity index (χ0) is 17.6. The van der Waals surface area contributed by atoms with E-state index in [1.165, 1.54) is 38.5 Å². The summed E-state index contributed by atoms with van der Waals surface area (Å²) in [5.41, 5.74) is 0.945. The number of nitrogens with one attached hydrogen (secondary N) is 1. The highest BCUT2D eigenvalue weighted by Crippen LogP contribution is 2.20. The Balaban J connectivity index is 0.00000576.